The van der Waals surface area contributed by atoms with Gasteiger partial charge in [0, 0.05) is 18.1 Å². The molecule has 2 N–H and O–H groups in total. The molecule has 0 saturated heterocycles. The predicted octanol–water partition coefficient (Wildman–Crippen LogP) is 1.29. The summed E-state index contributed by atoms with van der Waals surface area (Å²) in [4.78, 5) is 11.1. The summed E-state index contributed by atoms with van der Waals surface area (Å²) < 4.78 is 0. The fourth-order valence-corrected chi connectivity index (χ4v) is 1.48. The molecule has 1 unspecified atom stereocenters. The Balaban J connectivity index is 2.47. The number of amides is 1. The Labute approximate surface area is 75.8 Å². The third-order valence-electron chi connectivity index (χ3n) is 1.54. The van der Waals surface area contributed by atoms with E-state index in [1.807, 2.05) is 23.8 Å². The van der Waals surface area contributed by atoms with Gasteiger partial charge in [0.15, 0.2) is 0 Å². The molecule has 0 saturated carbocycles. The lowest BCUT2D eigenvalue weighted by Crippen LogP contribution is -2.35. The van der Waals surface area contributed by atoms with Gasteiger partial charge < -0.3 is 10.6 Å². The minimum absolute atomic E-state index is 0.00111. The van der Waals surface area contributed by atoms with E-state index >= 15 is 0 Å². The summed E-state index contributed by atoms with van der Waals surface area (Å²) >= 11 is 1.61. The van der Waals surface area contributed by atoms with E-state index in [4.69, 9.17) is 0 Å². The van der Waals surface area contributed by atoms with Gasteiger partial charge in [-0.05, 0) is 18.4 Å². The van der Waals surface area contributed by atoms with Crippen molar-refractivity contribution in [1.82, 2.24) is 5.32 Å². The van der Waals surface area contributed by atoms with E-state index in [2.05, 4.69) is 10.6 Å². The number of carbonyl (C=O) groups excluding carboxylic acids is 1. The number of hydrogen-bond acceptors (Lipinski definition) is 3. The van der Waals surface area contributed by atoms with Crippen LogP contribution < -0.4 is 10.6 Å². The number of thiophene rings is 1. The topological polar surface area (TPSA) is 41.1 Å². The van der Waals surface area contributed by atoms with Crippen LogP contribution in [0.3, 0.4) is 0 Å². The Morgan fingerprint density at radius 2 is 2.42 bits per heavy atom. The van der Waals surface area contributed by atoms with Gasteiger partial charge in [0.05, 0.1) is 0 Å². The first-order valence-electron chi connectivity index (χ1n) is 3.74. The predicted molar refractivity (Wildman–Crippen MR) is 51.5 cm³/mol. The van der Waals surface area contributed by atoms with Gasteiger partial charge in [-0.3, -0.25) is 4.79 Å². The zero-order valence-corrected chi connectivity index (χ0v) is 7.94. The van der Waals surface area contributed by atoms with Gasteiger partial charge in [-0.25, -0.2) is 0 Å². The van der Waals surface area contributed by atoms with Crippen LogP contribution in [-0.2, 0) is 4.79 Å². The van der Waals surface area contributed by atoms with E-state index in [-0.39, 0.29) is 11.9 Å². The van der Waals surface area contributed by atoms with Gasteiger partial charge in [-0.1, -0.05) is 0 Å². The third-order valence-corrected chi connectivity index (χ3v) is 2.23. The fourth-order valence-electron chi connectivity index (χ4n) is 0.879. The Morgan fingerprint density at radius 1 is 1.67 bits per heavy atom. The van der Waals surface area contributed by atoms with E-state index in [0.717, 1.165) is 5.69 Å². The number of rotatable bonds is 3. The lowest BCUT2D eigenvalue weighted by molar-refractivity contribution is -0.121. The van der Waals surface area contributed by atoms with Gasteiger partial charge >= 0.3 is 0 Å². The van der Waals surface area contributed by atoms with Crippen LogP contribution in [0.2, 0.25) is 0 Å². The highest BCUT2D eigenvalue weighted by molar-refractivity contribution is 7.08. The molecule has 1 atom stereocenters. The van der Waals surface area contributed by atoms with Crippen molar-refractivity contribution in [3.63, 3.8) is 0 Å². The van der Waals surface area contributed by atoms with Crippen LogP contribution >= 0.6 is 11.3 Å². The monoisotopic (exact) mass is 184 g/mol. The molecule has 4 heteroatoms. The molecular weight excluding hydrogens is 172 g/mol. The third kappa shape index (κ3) is 2.23. The minimum Gasteiger partial charge on any atom is -0.373 e. The summed E-state index contributed by atoms with van der Waals surface area (Å²) in [5, 5.41) is 9.59. The summed E-state index contributed by atoms with van der Waals surface area (Å²) in [5.41, 5.74) is 0.996. The first kappa shape index (κ1) is 9.06. The standard InChI is InChI=1S/C8H12N2OS/c1-6(8(11)9-2)10-7-3-4-12-5-7/h3-6,10H,1-2H3,(H,9,11). The molecule has 0 radical (unpaired) electrons. The van der Waals surface area contributed by atoms with Crippen molar-refractivity contribution in [2.75, 3.05) is 12.4 Å². The molecule has 1 aromatic heterocycles. The molecule has 12 heavy (non-hydrogen) atoms. The summed E-state index contributed by atoms with van der Waals surface area (Å²) in [6.07, 6.45) is 0. The quantitative estimate of drug-likeness (QED) is 0.743. The highest BCUT2D eigenvalue weighted by atomic mass is 32.1. The highest BCUT2D eigenvalue weighted by Crippen LogP contribution is 2.12. The maximum absolute atomic E-state index is 11.1. The van der Waals surface area contributed by atoms with Crippen LogP contribution in [0.25, 0.3) is 0 Å². The van der Waals surface area contributed by atoms with E-state index in [9.17, 15) is 4.79 Å². The number of nitrogens with one attached hydrogen (secondary N) is 2. The second-order valence-electron chi connectivity index (χ2n) is 2.49. The molecule has 0 aromatic carbocycles. The summed E-state index contributed by atoms with van der Waals surface area (Å²) in [5.74, 6) is 0.00111. The van der Waals surface area contributed by atoms with Gasteiger partial charge in [0.1, 0.15) is 6.04 Å². The Bertz CT molecular complexity index is 246. The molecule has 0 aliphatic heterocycles. The van der Waals surface area contributed by atoms with Gasteiger partial charge in [-0.2, -0.15) is 11.3 Å². The van der Waals surface area contributed by atoms with Crippen molar-refractivity contribution >= 4 is 22.9 Å². The maximum atomic E-state index is 11.1. The molecule has 1 amide bonds. The number of carbonyl (C=O) groups is 1. The Kier molecular flexibility index (Phi) is 3.10. The van der Waals surface area contributed by atoms with Crippen molar-refractivity contribution in [2.45, 2.75) is 13.0 Å². The number of anilines is 1. The molecule has 1 aromatic rings. The van der Waals surface area contributed by atoms with Crippen LogP contribution in [0.4, 0.5) is 5.69 Å². The van der Waals surface area contributed by atoms with Crippen molar-refractivity contribution in [3.05, 3.63) is 16.8 Å². The second kappa shape index (κ2) is 4.11. The van der Waals surface area contributed by atoms with Crippen molar-refractivity contribution in [1.29, 1.82) is 0 Å². The molecule has 0 spiro atoms. The SMILES string of the molecule is CNC(=O)C(C)Nc1ccsc1. The Morgan fingerprint density at radius 3 is 2.92 bits per heavy atom. The van der Waals surface area contributed by atoms with Gasteiger partial charge in [-0.15, -0.1) is 0 Å². The molecule has 3 nitrogen and oxygen atoms in total. The summed E-state index contributed by atoms with van der Waals surface area (Å²) in [7, 11) is 1.63. The lowest BCUT2D eigenvalue weighted by atomic mass is 10.3. The normalized spacial score (nSPS) is 12.2. The van der Waals surface area contributed by atoms with Gasteiger partial charge in [0.25, 0.3) is 0 Å². The summed E-state index contributed by atoms with van der Waals surface area (Å²) in [6, 6.07) is 1.77. The van der Waals surface area contributed by atoms with E-state index in [1.165, 1.54) is 0 Å². The number of hydrogen-bond donors (Lipinski definition) is 2. The molecular formula is C8H12N2OS. The van der Waals surface area contributed by atoms with Crippen LogP contribution in [0.5, 0.6) is 0 Å². The molecule has 1 heterocycles. The second-order valence-corrected chi connectivity index (χ2v) is 3.27. The lowest BCUT2D eigenvalue weighted by Gasteiger charge is -2.11. The molecule has 0 bridgehead atoms. The molecule has 0 fully saturated rings. The fraction of sp³-hybridized carbons (Fsp3) is 0.375. The molecule has 1 rings (SSSR count). The average Bonchev–Trinajstić information content (AvgIpc) is 2.55. The van der Waals surface area contributed by atoms with Gasteiger partial charge in [0.2, 0.25) is 5.91 Å². The van der Waals surface area contributed by atoms with Crippen molar-refractivity contribution < 1.29 is 4.79 Å². The zero-order valence-electron chi connectivity index (χ0n) is 7.13. The molecule has 66 valence electrons. The van der Waals surface area contributed by atoms with E-state index in [0.29, 0.717) is 0 Å². The van der Waals surface area contributed by atoms with Crippen molar-refractivity contribution in [2.24, 2.45) is 0 Å². The summed E-state index contributed by atoms with van der Waals surface area (Å²) in [6.45, 7) is 1.83. The van der Waals surface area contributed by atoms with Crippen molar-refractivity contribution in [3.8, 4) is 0 Å². The Hall–Kier alpha value is -1.03. The van der Waals surface area contributed by atoms with Crippen LogP contribution in [0.1, 0.15) is 6.92 Å². The zero-order chi connectivity index (χ0) is 8.97. The molecule has 0 aliphatic carbocycles. The first-order chi connectivity index (χ1) is 5.74. The number of likely N-dealkylation sites (N-methyl/N-ethyl adjacent to an activating group) is 1. The molecule has 0 aliphatic rings. The van der Waals surface area contributed by atoms with E-state index in [1.54, 1.807) is 18.4 Å². The minimum atomic E-state index is -0.176. The highest BCUT2D eigenvalue weighted by Gasteiger charge is 2.09. The van der Waals surface area contributed by atoms with Crippen LogP contribution in [0, 0.1) is 0 Å². The smallest absolute Gasteiger partial charge is 0.241 e. The maximum Gasteiger partial charge on any atom is 0.241 e. The average molecular weight is 184 g/mol. The van der Waals surface area contributed by atoms with Crippen LogP contribution in [-0.4, -0.2) is 19.0 Å². The van der Waals surface area contributed by atoms with E-state index < -0.39 is 0 Å². The first-order valence-corrected chi connectivity index (χ1v) is 4.68. The van der Waals surface area contributed by atoms with Crippen LogP contribution in [0.15, 0.2) is 16.8 Å². The largest absolute Gasteiger partial charge is 0.373 e.